The molecule has 2 rings (SSSR count). The summed E-state index contributed by atoms with van der Waals surface area (Å²) in [5.74, 6) is 0. The maximum atomic E-state index is 9.67. The molecule has 1 N–H and O–H groups in total. The number of hydrogen-bond acceptors (Lipinski definition) is 3. The van der Waals surface area contributed by atoms with E-state index in [0.29, 0.717) is 0 Å². The number of aryl methyl sites for hydroxylation is 1. The topological polar surface area (TPSA) is 26.7 Å². The smallest absolute Gasteiger partial charge is 0.0653 e. The number of aliphatic hydroxyl groups excluding tert-OH is 1. The molecule has 1 heterocycles. The van der Waals surface area contributed by atoms with E-state index in [1.54, 1.807) is 0 Å². The van der Waals surface area contributed by atoms with Crippen LogP contribution in [0.25, 0.3) is 0 Å². The highest BCUT2D eigenvalue weighted by molar-refractivity contribution is 5.52. The van der Waals surface area contributed by atoms with Crippen LogP contribution in [0.15, 0.2) is 24.3 Å². The van der Waals surface area contributed by atoms with Gasteiger partial charge in [0.25, 0.3) is 0 Å². The number of rotatable bonds is 2. The summed E-state index contributed by atoms with van der Waals surface area (Å²) < 4.78 is 0. The van der Waals surface area contributed by atoms with Gasteiger partial charge in [-0.25, -0.2) is 0 Å². The van der Waals surface area contributed by atoms with Gasteiger partial charge in [0.1, 0.15) is 0 Å². The molecule has 0 bridgehead atoms. The van der Waals surface area contributed by atoms with Gasteiger partial charge in [0.15, 0.2) is 0 Å². The second-order valence-electron chi connectivity index (χ2n) is 6.05. The van der Waals surface area contributed by atoms with Crippen LogP contribution >= 0.6 is 0 Å². The molecule has 1 aromatic carbocycles. The lowest BCUT2D eigenvalue weighted by Gasteiger charge is -2.52. The first-order chi connectivity index (χ1) is 8.44. The Morgan fingerprint density at radius 2 is 2.11 bits per heavy atom. The zero-order valence-electron chi connectivity index (χ0n) is 11.8. The third-order valence-corrected chi connectivity index (χ3v) is 3.69. The van der Waals surface area contributed by atoms with Crippen LogP contribution in [-0.2, 0) is 0 Å². The quantitative estimate of drug-likeness (QED) is 0.866. The largest absolute Gasteiger partial charge is 0.394 e. The molecule has 1 atom stereocenters. The summed E-state index contributed by atoms with van der Waals surface area (Å²) in [6, 6.07) is 8.72. The Hall–Kier alpha value is -1.06. The van der Waals surface area contributed by atoms with Crippen molar-refractivity contribution in [2.45, 2.75) is 32.4 Å². The molecular formula is C15H24N2O. The number of likely N-dealkylation sites (N-methyl/N-ethyl adjacent to an activating group) is 1. The van der Waals surface area contributed by atoms with Crippen molar-refractivity contribution in [3.05, 3.63) is 29.8 Å². The highest BCUT2D eigenvalue weighted by Crippen LogP contribution is 2.31. The van der Waals surface area contributed by atoms with Crippen molar-refractivity contribution in [3.8, 4) is 0 Å². The van der Waals surface area contributed by atoms with Crippen molar-refractivity contribution in [3.63, 3.8) is 0 Å². The van der Waals surface area contributed by atoms with Crippen LogP contribution in [0.5, 0.6) is 0 Å². The fraction of sp³-hybridized carbons (Fsp3) is 0.600. The van der Waals surface area contributed by atoms with Gasteiger partial charge in [0.05, 0.1) is 12.6 Å². The van der Waals surface area contributed by atoms with Crippen LogP contribution in [-0.4, -0.2) is 48.3 Å². The fourth-order valence-electron chi connectivity index (χ4n) is 3.21. The number of nitrogens with zero attached hydrogens (tertiary/aromatic N) is 2. The van der Waals surface area contributed by atoms with Crippen molar-refractivity contribution in [2.24, 2.45) is 0 Å². The number of hydrogen-bond donors (Lipinski definition) is 1. The Bertz CT molecular complexity index is 417. The van der Waals surface area contributed by atoms with E-state index >= 15 is 0 Å². The van der Waals surface area contributed by atoms with Gasteiger partial charge in [-0.1, -0.05) is 12.1 Å². The molecular weight excluding hydrogens is 224 g/mol. The first-order valence-corrected chi connectivity index (χ1v) is 6.59. The molecule has 1 saturated heterocycles. The van der Waals surface area contributed by atoms with E-state index in [1.807, 2.05) is 0 Å². The Balaban J connectivity index is 2.38. The van der Waals surface area contributed by atoms with Crippen LogP contribution in [0.1, 0.15) is 19.4 Å². The van der Waals surface area contributed by atoms with E-state index in [-0.39, 0.29) is 18.2 Å². The highest BCUT2D eigenvalue weighted by Gasteiger charge is 2.38. The first-order valence-electron chi connectivity index (χ1n) is 6.59. The lowest BCUT2D eigenvalue weighted by Crippen LogP contribution is -2.64. The third kappa shape index (κ3) is 2.52. The molecule has 0 spiro atoms. The van der Waals surface area contributed by atoms with Gasteiger partial charge in [-0.05, 0) is 45.5 Å². The Labute approximate surface area is 110 Å². The second-order valence-corrected chi connectivity index (χ2v) is 6.05. The first kappa shape index (κ1) is 13.4. The van der Waals surface area contributed by atoms with E-state index < -0.39 is 0 Å². The van der Waals surface area contributed by atoms with E-state index in [9.17, 15) is 5.11 Å². The predicted octanol–water partition coefficient (Wildman–Crippen LogP) is 1.89. The predicted molar refractivity (Wildman–Crippen MR) is 76.1 cm³/mol. The standard InChI is InChI=1S/C15H24N2O/c1-12-6-5-7-13(8-12)17-14(10-18)9-16(4)11-15(17,2)3/h5-8,14,18H,9-11H2,1-4H3. The van der Waals surface area contributed by atoms with Crippen molar-refractivity contribution in [1.82, 2.24) is 4.90 Å². The summed E-state index contributed by atoms with van der Waals surface area (Å²) in [4.78, 5) is 4.67. The van der Waals surface area contributed by atoms with Crippen LogP contribution in [0.4, 0.5) is 5.69 Å². The van der Waals surface area contributed by atoms with E-state index in [4.69, 9.17) is 0 Å². The molecule has 1 aliphatic rings. The minimum atomic E-state index is 0.0359. The van der Waals surface area contributed by atoms with Gasteiger partial charge < -0.3 is 14.9 Å². The maximum absolute atomic E-state index is 9.67. The molecule has 1 aromatic rings. The van der Waals surface area contributed by atoms with Crippen LogP contribution < -0.4 is 4.90 Å². The molecule has 3 heteroatoms. The molecule has 18 heavy (non-hydrogen) atoms. The zero-order valence-corrected chi connectivity index (χ0v) is 11.8. The van der Waals surface area contributed by atoms with Crippen LogP contribution in [0, 0.1) is 6.92 Å². The van der Waals surface area contributed by atoms with Crippen molar-refractivity contribution in [1.29, 1.82) is 0 Å². The molecule has 1 unspecified atom stereocenters. The summed E-state index contributed by atoms with van der Waals surface area (Å²) in [5.41, 5.74) is 2.51. The number of benzene rings is 1. The zero-order chi connectivity index (χ0) is 13.3. The molecule has 0 aromatic heterocycles. The minimum Gasteiger partial charge on any atom is -0.394 e. The van der Waals surface area contributed by atoms with Gasteiger partial charge >= 0.3 is 0 Å². The molecule has 1 aliphatic heterocycles. The van der Waals surface area contributed by atoms with E-state index in [0.717, 1.165) is 13.1 Å². The molecule has 0 amide bonds. The van der Waals surface area contributed by atoms with E-state index in [1.165, 1.54) is 11.3 Å². The number of aliphatic hydroxyl groups is 1. The Morgan fingerprint density at radius 1 is 1.39 bits per heavy atom. The highest BCUT2D eigenvalue weighted by atomic mass is 16.3. The van der Waals surface area contributed by atoms with Crippen molar-refractivity contribution < 1.29 is 5.11 Å². The average Bonchev–Trinajstić information content (AvgIpc) is 2.26. The van der Waals surface area contributed by atoms with Crippen molar-refractivity contribution >= 4 is 5.69 Å². The number of piperazine rings is 1. The fourth-order valence-corrected chi connectivity index (χ4v) is 3.21. The number of anilines is 1. The normalized spacial score (nSPS) is 24.3. The average molecular weight is 248 g/mol. The Kier molecular flexibility index (Phi) is 3.64. The molecule has 0 saturated carbocycles. The van der Waals surface area contributed by atoms with Gasteiger partial charge in [-0.3, -0.25) is 0 Å². The molecule has 0 aliphatic carbocycles. The summed E-state index contributed by atoms with van der Waals surface area (Å²) in [6.45, 7) is 8.72. The van der Waals surface area contributed by atoms with Crippen LogP contribution in [0.3, 0.4) is 0 Å². The summed E-state index contributed by atoms with van der Waals surface area (Å²) in [6.07, 6.45) is 0. The summed E-state index contributed by atoms with van der Waals surface area (Å²) in [7, 11) is 2.12. The SMILES string of the molecule is Cc1cccc(N2C(CO)CN(C)CC2(C)C)c1. The monoisotopic (exact) mass is 248 g/mol. The van der Waals surface area contributed by atoms with E-state index in [2.05, 4.69) is 61.9 Å². The van der Waals surface area contributed by atoms with Gasteiger partial charge in [0.2, 0.25) is 0 Å². The molecule has 0 radical (unpaired) electrons. The van der Waals surface area contributed by atoms with Gasteiger partial charge in [0, 0.05) is 24.3 Å². The third-order valence-electron chi connectivity index (χ3n) is 3.69. The summed E-state index contributed by atoms with van der Waals surface area (Å²) >= 11 is 0. The minimum absolute atomic E-state index is 0.0359. The second kappa shape index (κ2) is 4.90. The lowest BCUT2D eigenvalue weighted by atomic mass is 9.94. The van der Waals surface area contributed by atoms with Crippen molar-refractivity contribution in [2.75, 3.05) is 31.6 Å². The maximum Gasteiger partial charge on any atom is 0.0653 e. The van der Waals surface area contributed by atoms with Gasteiger partial charge in [-0.15, -0.1) is 0 Å². The Morgan fingerprint density at radius 3 is 2.72 bits per heavy atom. The van der Waals surface area contributed by atoms with Gasteiger partial charge in [-0.2, -0.15) is 0 Å². The van der Waals surface area contributed by atoms with Crippen LogP contribution in [0.2, 0.25) is 0 Å². The molecule has 3 nitrogen and oxygen atoms in total. The molecule has 1 fully saturated rings. The lowest BCUT2D eigenvalue weighted by molar-refractivity contribution is 0.137. The summed E-state index contributed by atoms with van der Waals surface area (Å²) in [5, 5.41) is 9.67. The molecule has 100 valence electrons.